The van der Waals surface area contributed by atoms with E-state index in [1.165, 1.54) is 22.4 Å². The van der Waals surface area contributed by atoms with Crippen molar-refractivity contribution in [3.05, 3.63) is 52.6 Å². The molecule has 5 rings (SSSR count). The Bertz CT molecular complexity index is 975. The van der Waals surface area contributed by atoms with E-state index in [0.717, 1.165) is 44.1 Å². The number of ether oxygens (including phenoxy) is 1. The van der Waals surface area contributed by atoms with Crippen LogP contribution in [0, 0.1) is 17.3 Å². The molecule has 0 heterocycles. The first-order chi connectivity index (χ1) is 15.3. The number of anilines is 1. The van der Waals surface area contributed by atoms with Gasteiger partial charge in [-0.2, -0.15) is 0 Å². The van der Waals surface area contributed by atoms with Gasteiger partial charge < -0.3 is 14.7 Å². The van der Waals surface area contributed by atoms with Crippen LogP contribution in [0.4, 0.5) is 5.69 Å². The molecule has 0 radical (unpaired) electrons. The number of rotatable bonds is 4. The van der Waals surface area contributed by atoms with Gasteiger partial charge in [-0.3, -0.25) is 4.79 Å². The lowest BCUT2D eigenvalue weighted by Gasteiger charge is -2.54. The number of hydrogen-bond acceptors (Lipinski definition) is 4. The number of Topliss-reactive ketones (excluding diaryl/α,β-unsaturated/α-hetero) is 1. The van der Waals surface area contributed by atoms with Crippen molar-refractivity contribution in [1.82, 2.24) is 0 Å². The number of carbonyl (C=O) groups excluding carboxylic acids is 1. The highest BCUT2D eigenvalue weighted by atomic mass is 16.5. The van der Waals surface area contributed by atoms with E-state index in [4.69, 9.17) is 4.74 Å². The maximum absolute atomic E-state index is 13.2. The van der Waals surface area contributed by atoms with E-state index in [0.29, 0.717) is 30.6 Å². The minimum atomic E-state index is -0.808. The van der Waals surface area contributed by atoms with Gasteiger partial charge in [-0.05, 0) is 79.2 Å². The zero-order valence-electron chi connectivity index (χ0n) is 20.0. The zero-order chi connectivity index (χ0) is 22.7. The normalized spacial score (nSPS) is 36.3. The molecular weight excluding hydrogens is 398 g/mol. The maximum Gasteiger partial charge on any atom is 0.163 e. The molecule has 0 spiro atoms. The summed E-state index contributed by atoms with van der Waals surface area (Å²) in [5.41, 5.74) is 5.15. The predicted molar refractivity (Wildman–Crippen MR) is 128 cm³/mol. The van der Waals surface area contributed by atoms with Crippen LogP contribution in [0.2, 0.25) is 0 Å². The summed E-state index contributed by atoms with van der Waals surface area (Å²) in [5.74, 6) is 1.27. The van der Waals surface area contributed by atoms with Gasteiger partial charge in [0.05, 0.1) is 12.2 Å². The molecule has 0 unspecified atom stereocenters. The topological polar surface area (TPSA) is 49.8 Å². The molecule has 2 fully saturated rings. The fourth-order valence-corrected chi connectivity index (χ4v) is 7.50. The first kappa shape index (κ1) is 21.9. The molecule has 4 aliphatic carbocycles. The van der Waals surface area contributed by atoms with Crippen LogP contribution in [0.3, 0.4) is 0 Å². The number of allylic oxidation sites excluding steroid dienone is 4. The summed E-state index contributed by atoms with van der Waals surface area (Å²) in [5, 5.41) is 11.8. The minimum absolute atomic E-state index is 0.166. The van der Waals surface area contributed by atoms with Crippen LogP contribution >= 0.6 is 0 Å². The number of aliphatic hydroxyl groups is 1. The van der Waals surface area contributed by atoms with Crippen molar-refractivity contribution in [1.29, 1.82) is 0 Å². The average Bonchev–Trinajstić information content (AvgIpc) is 3.04. The summed E-state index contributed by atoms with van der Waals surface area (Å²) in [6.45, 7) is 2.68. The molecule has 0 aromatic heterocycles. The largest absolute Gasteiger partial charge is 0.387 e. The third-order valence-electron chi connectivity index (χ3n) is 9.21. The van der Waals surface area contributed by atoms with Crippen molar-refractivity contribution >= 4 is 11.5 Å². The monoisotopic (exact) mass is 435 g/mol. The predicted octanol–water partition coefficient (Wildman–Crippen LogP) is 5.03. The fraction of sp³-hybridized carbons (Fsp3) is 0.607. The highest BCUT2D eigenvalue weighted by Gasteiger charge is 2.63. The molecule has 32 heavy (non-hydrogen) atoms. The van der Waals surface area contributed by atoms with E-state index in [1.807, 2.05) is 0 Å². The van der Waals surface area contributed by atoms with Gasteiger partial charge in [0.2, 0.25) is 0 Å². The highest BCUT2D eigenvalue weighted by molar-refractivity contribution is 6.02. The van der Waals surface area contributed by atoms with Gasteiger partial charge in [-0.25, -0.2) is 0 Å². The van der Waals surface area contributed by atoms with Crippen LogP contribution in [0.5, 0.6) is 0 Å². The second-order valence-corrected chi connectivity index (χ2v) is 10.9. The van der Waals surface area contributed by atoms with Crippen molar-refractivity contribution in [3.8, 4) is 0 Å². The summed E-state index contributed by atoms with van der Waals surface area (Å²) >= 11 is 0. The van der Waals surface area contributed by atoms with E-state index >= 15 is 0 Å². The van der Waals surface area contributed by atoms with Crippen molar-refractivity contribution in [2.24, 2.45) is 17.3 Å². The van der Waals surface area contributed by atoms with Crippen LogP contribution in [-0.4, -0.2) is 44.3 Å². The number of methoxy groups -OCH3 is 1. The Morgan fingerprint density at radius 1 is 1.16 bits per heavy atom. The third-order valence-corrected chi connectivity index (χ3v) is 9.21. The number of fused-ring (bicyclic) bond motifs is 4. The lowest BCUT2D eigenvalue weighted by Crippen LogP contribution is -2.53. The Kier molecular flexibility index (Phi) is 5.37. The second-order valence-electron chi connectivity index (χ2n) is 10.9. The van der Waals surface area contributed by atoms with E-state index in [2.05, 4.69) is 56.3 Å². The molecule has 2 saturated carbocycles. The quantitative estimate of drug-likeness (QED) is 0.721. The molecule has 0 saturated heterocycles. The van der Waals surface area contributed by atoms with Crippen molar-refractivity contribution < 1.29 is 14.6 Å². The van der Waals surface area contributed by atoms with Crippen molar-refractivity contribution in [2.75, 3.05) is 32.7 Å². The molecule has 0 aliphatic heterocycles. The minimum Gasteiger partial charge on any atom is -0.387 e. The van der Waals surface area contributed by atoms with Crippen molar-refractivity contribution in [3.63, 3.8) is 0 Å². The lowest BCUT2D eigenvalue weighted by molar-refractivity contribution is -0.128. The molecule has 172 valence electrons. The van der Waals surface area contributed by atoms with E-state index in [9.17, 15) is 9.90 Å². The Morgan fingerprint density at radius 3 is 2.59 bits per heavy atom. The Morgan fingerprint density at radius 2 is 1.91 bits per heavy atom. The Labute approximate surface area is 192 Å². The summed E-state index contributed by atoms with van der Waals surface area (Å²) in [7, 11) is 5.81. The summed E-state index contributed by atoms with van der Waals surface area (Å²) in [6, 6.07) is 8.85. The van der Waals surface area contributed by atoms with Gasteiger partial charge >= 0.3 is 0 Å². The van der Waals surface area contributed by atoms with E-state index in [1.54, 1.807) is 7.11 Å². The molecule has 4 nitrogen and oxygen atoms in total. The smallest absolute Gasteiger partial charge is 0.163 e. The molecule has 1 N–H and O–H groups in total. The van der Waals surface area contributed by atoms with E-state index in [-0.39, 0.29) is 11.3 Å². The molecule has 0 bridgehead atoms. The number of ketones is 1. The first-order valence-electron chi connectivity index (χ1n) is 12.2. The standard InChI is InChI=1S/C28H37NO3/c1-27-16-22(18-8-11-20(12-9-18)29(2)3)26-21(23(27)14-15-28(27,31)17-32-4)13-10-19-6-5-7-24(30)25(19)26/h6,8-9,11-12,21-23,31H,5,7,10,13-17H2,1-4H3/t21-,22+,23-,27-,28+/m0/s1. The SMILES string of the molecule is COC[C@]1(O)CC[C@H]2[C@@H]3CCC4=CCCC(=O)C4=C3[C@@H](c3ccc(N(C)C)cc3)C[C@@]21C. The lowest BCUT2D eigenvalue weighted by atomic mass is 9.51. The van der Waals surface area contributed by atoms with Gasteiger partial charge in [0.1, 0.15) is 0 Å². The molecule has 1 aromatic rings. The zero-order valence-corrected chi connectivity index (χ0v) is 20.0. The molecule has 1 aromatic carbocycles. The summed E-state index contributed by atoms with van der Waals surface area (Å²) in [4.78, 5) is 15.3. The Hall–Kier alpha value is -1.91. The maximum atomic E-state index is 13.2. The van der Waals surface area contributed by atoms with Crippen LogP contribution in [0.1, 0.15) is 63.4 Å². The molecule has 4 heteroatoms. The van der Waals surface area contributed by atoms with Crippen LogP contribution in [0.25, 0.3) is 0 Å². The summed E-state index contributed by atoms with van der Waals surface area (Å²) < 4.78 is 5.53. The molecule has 0 amide bonds. The van der Waals surface area contributed by atoms with Crippen LogP contribution < -0.4 is 4.90 Å². The molecule has 5 atom stereocenters. The van der Waals surface area contributed by atoms with Crippen LogP contribution in [-0.2, 0) is 9.53 Å². The third kappa shape index (κ3) is 3.13. The van der Waals surface area contributed by atoms with Gasteiger partial charge in [-0.15, -0.1) is 0 Å². The molecular formula is C28H37NO3. The van der Waals surface area contributed by atoms with Gasteiger partial charge in [0.25, 0.3) is 0 Å². The van der Waals surface area contributed by atoms with Gasteiger partial charge in [0.15, 0.2) is 5.78 Å². The van der Waals surface area contributed by atoms with Crippen LogP contribution in [0.15, 0.2) is 47.1 Å². The number of carbonyl (C=O) groups is 1. The first-order valence-corrected chi connectivity index (χ1v) is 12.2. The highest BCUT2D eigenvalue weighted by Crippen LogP contribution is 2.66. The fourth-order valence-electron chi connectivity index (χ4n) is 7.50. The Balaban J connectivity index is 1.67. The van der Waals surface area contributed by atoms with Crippen molar-refractivity contribution in [2.45, 2.75) is 63.4 Å². The number of hydrogen-bond donors (Lipinski definition) is 1. The van der Waals surface area contributed by atoms with E-state index < -0.39 is 5.60 Å². The second kappa shape index (κ2) is 7.85. The number of benzene rings is 1. The summed E-state index contributed by atoms with van der Waals surface area (Å²) in [6.07, 6.45) is 8.58. The molecule has 4 aliphatic rings. The number of nitrogens with zero attached hydrogens (tertiary/aromatic N) is 1. The van der Waals surface area contributed by atoms with Gasteiger partial charge in [0, 0.05) is 50.2 Å². The van der Waals surface area contributed by atoms with Gasteiger partial charge in [-0.1, -0.05) is 25.1 Å². The average molecular weight is 436 g/mol.